The van der Waals surface area contributed by atoms with E-state index >= 15 is 0 Å². The molecule has 130 valence electrons. The summed E-state index contributed by atoms with van der Waals surface area (Å²) in [6.07, 6.45) is 0.460. The molecule has 2 aliphatic heterocycles. The van der Waals surface area contributed by atoms with Crippen LogP contribution in [0.25, 0.3) is 0 Å². The molecular formula is C16H21N3O5. The summed E-state index contributed by atoms with van der Waals surface area (Å²) in [6, 6.07) is 4.37. The Morgan fingerprint density at radius 2 is 2.17 bits per heavy atom. The quantitative estimate of drug-likeness (QED) is 0.776. The molecule has 0 aliphatic carbocycles. The van der Waals surface area contributed by atoms with Crippen LogP contribution in [0, 0.1) is 0 Å². The highest BCUT2D eigenvalue weighted by atomic mass is 16.7. The Bertz CT molecular complexity index is 636. The Balaban J connectivity index is 1.60. The monoisotopic (exact) mass is 335 g/mol. The first-order chi connectivity index (χ1) is 11.6. The maximum absolute atomic E-state index is 12.4. The zero-order valence-electron chi connectivity index (χ0n) is 13.5. The molecule has 0 unspecified atom stereocenters. The van der Waals surface area contributed by atoms with Gasteiger partial charge < -0.3 is 30.2 Å². The summed E-state index contributed by atoms with van der Waals surface area (Å²) >= 11 is 0. The minimum atomic E-state index is -0.534. The normalized spacial score (nSPS) is 21.7. The third kappa shape index (κ3) is 3.38. The molecule has 2 heterocycles. The van der Waals surface area contributed by atoms with E-state index in [2.05, 4.69) is 5.32 Å². The van der Waals surface area contributed by atoms with Crippen LogP contribution in [-0.4, -0.2) is 55.3 Å². The summed E-state index contributed by atoms with van der Waals surface area (Å²) in [5, 5.41) is 2.74. The Morgan fingerprint density at radius 1 is 1.38 bits per heavy atom. The molecule has 2 aliphatic rings. The van der Waals surface area contributed by atoms with Crippen molar-refractivity contribution in [3.63, 3.8) is 0 Å². The van der Waals surface area contributed by atoms with Gasteiger partial charge in [-0.05, 0) is 25.5 Å². The lowest BCUT2D eigenvalue weighted by atomic mass is 10.1. The van der Waals surface area contributed by atoms with E-state index in [4.69, 9.17) is 19.9 Å². The first kappa shape index (κ1) is 16.4. The van der Waals surface area contributed by atoms with Crippen molar-refractivity contribution in [3.8, 4) is 17.2 Å². The summed E-state index contributed by atoms with van der Waals surface area (Å²) in [6.45, 7) is 2.72. The Hall–Kier alpha value is -2.48. The van der Waals surface area contributed by atoms with Crippen molar-refractivity contribution in [2.75, 3.05) is 26.5 Å². The number of nitrogens with one attached hydrogen (secondary N) is 1. The molecule has 8 nitrogen and oxygen atoms in total. The summed E-state index contributed by atoms with van der Waals surface area (Å²) in [5.41, 5.74) is 5.91. The van der Waals surface area contributed by atoms with Crippen molar-refractivity contribution in [2.24, 2.45) is 5.73 Å². The van der Waals surface area contributed by atoms with Gasteiger partial charge in [0.1, 0.15) is 11.8 Å². The number of benzene rings is 1. The fourth-order valence-corrected chi connectivity index (χ4v) is 2.88. The van der Waals surface area contributed by atoms with Gasteiger partial charge in [-0.3, -0.25) is 9.59 Å². The largest absolute Gasteiger partial charge is 0.484 e. The average Bonchev–Trinajstić information content (AvgIpc) is 3.18. The molecule has 8 heteroatoms. The molecule has 1 fully saturated rings. The van der Waals surface area contributed by atoms with E-state index in [1.165, 1.54) is 4.90 Å². The molecule has 0 saturated carbocycles. The molecule has 1 aromatic carbocycles. The highest BCUT2D eigenvalue weighted by Crippen LogP contribution is 2.35. The van der Waals surface area contributed by atoms with E-state index in [1.807, 2.05) is 6.92 Å². The molecule has 0 radical (unpaired) electrons. The highest BCUT2D eigenvalue weighted by Gasteiger charge is 2.37. The number of hydrogen-bond donors (Lipinski definition) is 2. The Kier molecular flexibility index (Phi) is 4.75. The number of nitrogens with zero attached hydrogens (tertiary/aromatic N) is 1. The molecule has 0 aromatic heterocycles. The van der Waals surface area contributed by atoms with Gasteiger partial charge in [0.25, 0.3) is 5.91 Å². The Labute approximate surface area is 139 Å². The van der Waals surface area contributed by atoms with Crippen LogP contribution in [0.5, 0.6) is 17.2 Å². The van der Waals surface area contributed by atoms with Gasteiger partial charge in [0, 0.05) is 25.2 Å². The number of carbonyl (C=O) groups is 2. The lowest BCUT2D eigenvalue weighted by Gasteiger charge is -2.23. The van der Waals surface area contributed by atoms with Crippen LogP contribution in [0.4, 0.5) is 0 Å². The third-order valence-electron chi connectivity index (χ3n) is 4.01. The number of nitrogens with two attached hydrogens (primary N) is 1. The van der Waals surface area contributed by atoms with Gasteiger partial charge in [0.05, 0.1) is 0 Å². The van der Waals surface area contributed by atoms with Crippen LogP contribution in [0.15, 0.2) is 18.2 Å². The van der Waals surface area contributed by atoms with Crippen molar-refractivity contribution < 1.29 is 23.8 Å². The van der Waals surface area contributed by atoms with E-state index in [0.29, 0.717) is 36.8 Å². The van der Waals surface area contributed by atoms with Crippen molar-refractivity contribution in [1.29, 1.82) is 0 Å². The zero-order valence-corrected chi connectivity index (χ0v) is 13.5. The molecule has 3 rings (SSSR count). The van der Waals surface area contributed by atoms with Gasteiger partial charge in [0.2, 0.25) is 12.7 Å². The molecule has 0 bridgehead atoms. The summed E-state index contributed by atoms with van der Waals surface area (Å²) < 4.78 is 16.0. The third-order valence-corrected chi connectivity index (χ3v) is 4.01. The van der Waals surface area contributed by atoms with Crippen LogP contribution in [0.2, 0.25) is 0 Å². The lowest BCUT2D eigenvalue weighted by Crippen LogP contribution is -2.47. The molecule has 0 spiro atoms. The SMILES string of the molecule is CCNC(=O)[C@@H]1C[C@H](N)CN1C(=O)COc1ccc2c(c1)OCO2. The average molecular weight is 335 g/mol. The van der Waals surface area contributed by atoms with Crippen LogP contribution >= 0.6 is 0 Å². The van der Waals surface area contributed by atoms with E-state index in [1.54, 1.807) is 18.2 Å². The maximum Gasteiger partial charge on any atom is 0.261 e. The van der Waals surface area contributed by atoms with Crippen molar-refractivity contribution in [2.45, 2.75) is 25.4 Å². The van der Waals surface area contributed by atoms with E-state index < -0.39 is 6.04 Å². The number of ether oxygens (including phenoxy) is 3. The second kappa shape index (κ2) is 6.96. The number of fused-ring (bicyclic) bond motifs is 1. The van der Waals surface area contributed by atoms with Crippen LogP contribution in [0.1, 0.15) is 13.3 Å². The van der Waals surface area contributed by atoms with Crippen LogP contribution in [-0.2, 0) is 9.59 Å². The van der Waals surface area contributed by atoms with Gasteiger partial charge in [-0.25, -0.2) is 0 Å². The molecule has 3 N–H and O–H groups in total. The number of likely N-dealkylation sites (N-methyl/N-ethyl adjacent to an activating group) is 1. The zero-order chi connectivity index (χ0) is 17.1. The molecule has 24 heavy (non-hydrogen) atoms. The molecule has 2 amide bonds. The first-order valence-corrected chi connectivity index (χ1v) is 7.93. The second-order valence-corrected chi connectivity index (χ2v) is 5.76. The van der Waals surface area contributed by atoms with E-state index in [-0.39, 0.29) is 31.3 Å². The van der Waals surface area contributed by atoms with Gasteiger partial charge in [-0.1, -0.05) is 0 Å². The standard InChI is InChI=1S/C16H21N3O5/c1-2-18-16(21)12-5-10(17)7-19(12)15(20)8-22-11-3-4-13-14(6-11)24-9-23-13/h3-4,6,10,12H,2,5,7-9,17H2,1H3,(H,18,21)/t10-,12-/m0/s1. The number of likely N-dealkylation sites (tertiary alicyclic amines) is 1. The smallest absolute Gasteiger partial charge is 0.261 e. The second-order valence-electron chi connectivity index (χ2n) is 5.76. The van der Waals surface area contributed by atoms with Crippen LogP contribution in [0.3, 0.4) is 0 Å². The topological polar surface area (TPSA) is 103 Å². The number of carbonyl (C=O) groups excluding carboxylic acids is 2. The molecular weight excluding hydrogens is 314 g/mol. The van der Waals surface area contributed by atoms with Gasteiger partial charge in [-0.2, -0.15) is 0 Å². The molecule has 2 atom stereocenters. The Morgan fingerprint density at radius 3 is 2.96 bits per heavy atom. The maximum atomic E-state index is 12.4. The van der Waals surface area contributed by atoms with E-state index in [0.717, 1.165) is 0 Å². The number of amides is 2. The fraction of sp³-hybridized carbons (Fsp3) is 0.500. The van der Waals surface area contributed by atoms with Crippen LogP contribution < -0.4 is 25.3 Å². The summed E-state index contributed by atoms with van der Waals surface area (Å²) in [4.78, 5) is 26.0. The lowest BCUT2D eigenvalue weighted by molar-refractivity contribution is -0.139. The number of rotatable bonds is 5. The van der Waals surface area contributed by atoms with Crippen molar-refractivity contribution >= 4 is 11.8 Å². The summed E-state index contributed by atoms with van der Waals surface area (Å²) in [7, 11) is 0. The van der Waals surface area contributed by atoms with Gasteiger partial charge >= 0.3 is 0 Å². The van der Waals surface area contributed by atoms with Gasteiger partial charge in [0.15, 0.2) is 18.1 Å². The highest BCUT2D eigenvalue weighted by molar-refractivity contribution is 5.89. The predicted octanol–water partition coefficient (Wildman–Crippen LogP) is -0.142. The fourth-order valence-electron chi connectivity index (χ4n) is 2.88. The van der Waals surface area contributed by atoms with Crippen molar-refractivity contribution in [3.05, 3.63) is 18.2 Å². The minimum absolute atomic E-state index is 0.164. The number of hydrogen-bond acceptors (Lipinski definition) is 6. The molecule has 1 aromatic rings. The summed E-state index contributed by atoms with van der Waals surface area (Å²) in [5.74, 6) is 1.29. The first-order valence-electron chi connectivity index (χ1n) is 7.93. The predicted molar refractivity (Wildman–Crippen MR) is 84.8 cm³/mol. The van der Waals surface area contributed by atoms with E-state index in [9.17, 15) is 9.59 Å². The molecule has 1 saturated heterocycles. The van der Waals surface area contributed by atoms with Gasteiger partial charge in [-0.15, -0.1) is 0 Å². The van der Waals surface area contributed by atoms with Crippen molar-refractivity contribution in [1.82, 2.24) is 10.2 Å². The minimum Gasteiger partial charge on any atom is -0.484 e.